The highest BCUT2D eigenvalue weighted by Gasteiger charge is 2.26. The number of aromatic nitrogens is 2. The largest absolute Gasteiger partial charge is 0.489 e. The second-order valence-electron chi connectivity index (χ2n) is 7.30. The minimum absolute atomic E-state index is 0.202. The second kappa shape index (κ2) is 7.70. The van der Waals surface area contributed by atoms with Gasteiger partial charge in [0.2, 0.25) is 0 Å². The molecule has 0 aliphatic rings. The van der Waals surface area contributed by atoms with Gasteiger partial charge in [0.05, 0.1) is 24.1 Å². The Morgan fingerprint density at radius 1 is 1.32 bits per heavy atom. The van der Waals surface area contributed by atoms with Crippen LogP contribution in [0.2, 0.25) is 0 Å². The predicted octanol–water partition coefficient (Wildman–Crippen LogP) is 2.75. The molecule has 1 N–H and O–H groups in total. The summed E-state index contributed by atoms with van der Waals surface area (Å²) in [6.45, 7) is 8.11. The maximum Gasteiger partial charge on any atom is 0.278 e. The van der Waals surface area contributed by atoms with Crippen LogP contribution in [0.4, 0.5) is 0 Å². The average molecular weight is 345 g/mol. The lowest BCUT2D eigenvalue weighted by atomic mass is 10.1. The number of ether oxygens (including phenoxy) is 1. The standard InChI is InChI=1S/C19H27N3O3/c1-14(2)12-25-16-11-22(15-9-7-6-8-10-15)20-17(16)18(23)21(5)13-19(3,4)24/h6-11,14,24H,12-13H2,1-5H3. The third kappa shape index (κ3) is 5.32. The summed E-state index contributed by atoms with van der Waals surface area (Å²) in [7, 11) is 1.65. The Bertz CT molecular complexity index is 702. The molecule has 1 heterocycles. The summed E-state index contributed by atoms with van der Waals surface area (Å²) in [5.74, 6) is 0.498. The highest BCUT2D eigenvalue weighted by molar-refractivity contribution is 5.94. The molecule has 6 nitrogen and oxygen atoms in total. The molecular formula is C19H27N3O3. The van der Waals surface area contributed by atoms with Crippen molar-refractivity contribution in [1.29, 1.82) is 0 Å². The third-order valence-electron chi connectivity index (χ3n) is 3.45. The summed E-state index contributed by atoms with van der Waals surface area (Å²) >= 11 is 0. The van der Waals surface area contributed by atoms with Gasteiger partial charge in [0.25, 0.3) is 5.91 Å². The van der Waals surface area contributed by atoms with E-state index < -0.39 is 5.60 Å². The minimum Gasteiger partial charge on any atom is -0.489 e. The van der Waals surface area contributed by atoms with Gasteiger partial charge in [-0.05, 0) is 31.9 Å². The first kappa shape index (κ1) is 19.0. The molecule has 1 aromatic heterocycles. The summed E-state index contributed by atoms with van der Waals surface area (Å²) < 4.78 is 7.45. The Morgan fingerprint density at radius 2 is 1.96 bits per heavy atom. The predicted molar refractivity (Wildman–Crippen MR) is 97.2 cm³/mol. The number of carbonyl (C=O) groups excluding carboxylic acids is 1. The number of nitrogens with zero attached hydrogens (tertiary/aromatic N) is 3. The van der Waals surface area contributed by atoms with Gasteiger partial charge in [-0.15, -0.1) is 0 Å². The SMILES string of the molecule is CC(C)COc1cn(-c2ccccc2)nc1C(=O)N(C)CC(C)(C)O. The van der Waals surface area contributed by atoms with Crippen LogP contribution in [0.15, 0.2) is 36.5 Å². The molecular weight excluding hydrogens is 318 g/mol. The fraction of sp³-hybridized carbons (Fsp3) is 0.474. The smallest absolute Gasteiger partial charge is 0.278 e. The van der Waals surface area contributed by atoms with Crippen molar-refractivity contribution >= 4 is 5.91 Å². The molecule has 1 amide bonds. The molecule has 0 saturated heterocycles. The highest BCUT2D eigenvalue weighted by Crippen LogP contribution is 2.22. The fourth-order valence-corrected chi connectivity index (χ4v) is 2.41. The molecule has 2 aromatic rings. The zero-order chi connectivity index (χ0) is 18.6. The zero-order valence-corrected chi connectivity index (χ0v) is 15.6. The third-order valence-corrected chi connectivity index (χ3v) is 3.45. The van der Waals surface area contributed by atoms with Crippen LogP contribution in [0.1, 0.15) is 38.2 Å². The van der Waals surface area contributed by atoms with Crippen molar-refractivity contribution in [2.24, 2.45) is 5.92 Å². The first-order chi connectivity index (χ1) is 11.7. The minimum atomic E-state index is -0.981. The van der Waals surface area contributed by atoms with Gasteiger partial charge in [-0.1, -0.05) is 32.0 Å². The van der Waals surface area contributed by atoms with Crippen LogP contribution in [0.25, 0.3) is 5.69 Å². The molecule has 0 unspecified atom stereocenters. The van der Waals surface area contributed by atoms with E-state index in [1.54, 1.807) is 31.8 Å². The lowest BCUT2D eigenvalue weighted by molar-refractivity contribution is 0.0362. The summed E-state index contributed by atoms with van der Waals surface area (Å²) in [5, 5.41) is 14.4. The van der Waals surface area contributed by atoms with E-state index in [4.69, 9.17) is 4.74 Å². The van der Waals surface area contributed by atoms with Crippen LogP contribution in [0.5, 0.6) is 5.75 Å². The summed E-state index contributed by atoms with van der Waals surface area (Å²) in [6.07, 6.45) is 1.73. The Kier molecular flexibility index (Phi) is 5.85. The maximum absolute atomic E-state index is 12.8. The van der Waals surface area contributed by atoms with Gasteiger partial charge >= 0.3 is 0 Å². The molecule has 0 saturated carbocycles. The van der Waals surface area contributed by atoms with E-state index in [1.807, 2.05) is 44.2 Å². The van der Waals surface area contributed by atoms with Crippen molar-refractivity contribution in [3.8, 4) is 11.4 Å². The van der Waals surface area contributed by atoms with Gasteiger partial charge in [-0.25, -0.2) is 4.68 Å². The molecule has 25 heavy (non-hydrogen) atoms. The average Bonchev–Trinajstić information content (AvgIpc) is 2.95. The van der Waals surface area contributed by atoms with E-state index in [9.17, 15) is 9.90 Å². The number of carbonyl (C=O) groups is 1. The summed E-state index contributed by atoms with van der Waals surface area (Å²) in [6, 6.07) is 9.57. The highest BCUT2D eigenvalue weighted by atomic mass is 16.5. The van der Waals surface area contributed by atoms with Crippen molar-refractivity contribution in [2.45, 2.75) is 33.3 Å². The monoisotopic (exact) mass is 345 g/mol. The first-order valence-electron chi connectivity index (χ1n) is 8.43. The fourth-order valence-electron chi connectivity index (χ4n) is 2.41. The normalized spacial score (nSPS) is 11.6. The number of hydrogen-bond acceptors (Lipinski definition) is 4. The van der Waals surface area contributed by atoms with Gasteiger partial charge < -0.3 is 14.7 Å². The van der Waals surface area contributed by atoms with Crippen LogP contribution < -0.4 is 4.74 Å². The number of likely N-dealkylation sites (N-methyl/N-ethyl adjacent to an activating group) is 1. The number of amides is 1. The number of rotatable bonds is 7. The van der Waals surface area contributed by atoms with Crippen LogP contribution in [-0.2, 0) is 0 Å². The summed E-state index contributed by atoms with van der Waals surface area (Å²) in [5.41, 5.74) is 0.114. The van der Waals surface area contributed by atoms with E-state index in [2.05, 4.69) is 5.10 Å². The topological polar surface area (TPSA) is 67.6 Å². The molecule has 0 fully saturated rings. The van der Waals surface area contributed by atoms with E-state index in [0.29, 0.717) is 18.3 Å². The lowest BCUT2D eigenvalue weighted by Gasteiger charge is -2.25. The van der Waals surface area contributed by atoms with E-state index in [-0.39, 0.29) is 18.1 Å². The van der Waals surface area contributed by atoms with Crippen LogP contribution >= 0.6 is 0 Å². The van der Waals surface area contributed by atoms with Gasteiger partial charge in [0.15, 0.2) is 11.4 Å². The number of benzene rings is 1. The van der Waals surface area contributed by atoms with Crippen molar-refractivity contribution in [2.75, 3.05) is 20.2 Å². The molecule has 0 aliphatic carbocycles. The molecule has 0 bridgehead atoms. The van der Waals surface area contributed by atoms with Crippen molar-refractivity contribution < 1.29 is 14.6 Å². The Morgan fingerprint density at radius 3 is 2.52 bits per heavy atom. The number of hydrogen-bond donors (Lipinski definition) is 1. The lowest BCUT2D eigenvalue weighted by Crippen LogP contribution is -2.40. The zero-order valence-electron chi connectivity index (χ0n) is 15.6. The van der Waals surface area contributed by atoms with Crippen LogP contribution in [-0.4, -0.2) is 51.5 Å². The Labute approximate surface area is 149 Å². The number of aliphatic hydroxyl groups is 1. The van der Waals surface area contributed by atoms with Gasteiger partial charge in [-0.3, -0.25) is 4.79 Å². The Balaban J connectivity index is 2.33. The Hall–Kier alpha value is -2.34. The van der Waals surface area contributed by atoms with Gasteiger partial charge in [0.1, 0.15) is 0 Å². The quantitative estimate of drug-likeness (QED) is 0.838. The molecule has 0 spiro atoms. The van der Waals surface area contributed by atoms with Crippen molar-refractivity contribution in [3.05, 3.63) is 42.2 Å². The molecule has 136 valence electrons. The molecule has 6 heteroatoms. The van der Waals surface area contributed by atoms with E-state index in [0.717, 1.165) is 5.69 Å². The number of para-hydroxylation sites is 1. The first-order valence-corrected chi connectivity index (χ1v) is 8.43. The second-order valence-corrected chi connectivity index (χ2v) is 7.30. The van der Waals surface area contributed by atoms with Crippen molar-refractivity contribution in [3.63, 3.8) is 0 Å². The van der Waals surface area contributed by atoms with E-state index in [1.165, 1.54) is 4.90 Å². The van der Waals surface area contributed by atoms with Crippen LogP contribution in [0, 0.1) is 5.92 Å². The van der Waals surface area contributed by atoms with Gasteiger partial charge in [-0.2, -0.15) is 5.10 Å². The molecule has 1 aromatic carbocycles. The van der Waals surface area contributed by atoms with Crippen molar-refractivity contribution in [1.82, 2.24) is 14.7 Å². The van der Waals surface area contributed by atoms with E-state index >= 15 is 0 Å². The van der Waals surface area contributed by atoms with Gasteiger partial charge in [0, 0.05) is 13.6 Å². The molecule has 2 rings (SSSR count). The van der Waals surface area contributed by atoms with Crippen LogP contribution in [0.3, 0.4) is 0 Å². The molecule has 0 atom stereocenters. The summed E-state index contributed by atoms with van der Waals surface area (Å²) in [4.78, 5) is 14.2. The molecule has 0 aliphatic heterocycles. The maximum atomic E-state index is 12.8. The molecule has 0 radical (unpaired) electrons.